The Morgan fingerprint density at radius 1 is 1.23 bits per heavy atom. The van der Waals surface area contributed by atoms with Gasteiger partial charge < -0.3 is 9.84 Å². The van der Waals surface area contributed by atoms with Crippen LogP contribution in [0.15, 0.2) is 37.9 Å². The maximum absolute atomic E-state index is 13.6. The summed E-state index contributed by atoms with van der Waals surface area (Å²) in [6.45, 7) is 11.2. The third kappa shape index (κ3) is 4.68. The summed E-state index contributed by atoms with van der Waals surface area (Å²) >= 11 is 3.28. The molecule has 1 heterocycles. The summed E-state index contributed by atoms with van der Waals surface area (Å²) in [4.78, 5) is 17.9. The largest absolute Gasteiger partial charge is 0.458 e. The quantitative estimate of drug-likeness (QED) is 0.441. The molecule has 1 N–H and O–H groups in total. The molecule has 4 aliphatic rings. The van der Waals surface area contributed by atoms with Crippen LogP contribution in [0.25, 0.3) is 0 Å². The first-order valence-corrected chi connectivity index (χ1v) is 12.5. The molecule has 1 aliphatic heterocycles. The minimum absolute atomic E-state index is 0.00754. The summed E-state index contributed by atoms with van der Waals surface area (Å²) in [5.74, 6) is -0.214. The van der Waals surface area contributed by atoms with E-state index in [9.17, 15) is 23.1 Å². The number of carbonyl (C=O) groups excluding carboxylic acids is 1. The van der Waals surface area contributed by atoms with Gasteiger partial charge in [0.05, 0.1) is 0 Å². The number of alkyl halides is 3. The van der Waals surface area contributed by atoms with Gasteiger partial charge in [0.25, 0.3) is 0 Å². The summed E-state index contributed by atoms with van der Waals surface area (Å²) in [5.41, 5.74) is -3.67. The van der Waals surface area contributed by atoms with E-state index in [-0.39, 0.29) is 23.3 Å². The Labute approximate surface area is 211 Å². The van der Waals surface area contributed by atoms with Crippen LogP contribution in [0.3, 0.4) is 0 Å². The molecule has 0 aromatic heterocycles. The standard InChI is InChI=1S/C25H31BrF3N3O3/c1-21(2,3)35-20(33)17(30-19-12-14-11-18(22(14,4)5)23(19,6)34)9-13-7-15(10-16(26)8-13)24(31-32-24)25(27,28)29/h7-8,10,14,17-18,34H,9,11-12H2,1-6H3/t14?,17-,18?,23?/m0/s1. The van der Waals surface area contributed by atoms with E-state index >= 15 is 0 Å². The number of carbonyl (C=O) groups is 1. The number of aliphatic hydroxyl groups is 1. The molecule has 0 saturated heterocycles. The smallest absolute Gasteiger partial charge is 0.442 e. The maximum Gasteiger partial charge on any atom is 0.442 e. The van der Waals surface area contributed by atoms with Crippen molar-refractivity contribution in [2.24, 2.45) is 32.5 Å². The topological polar surface area (TPSA) is 83.6 Å². The highest BCUT2D eigenvalue weighted by Crippen LogP contribution is 2.61. The van der Waals surface area contributed by atoms with Crippen LogP contribution in [0.1, 0.15) is 65.5 Å². The van der Waals surface area contributed by atoms with E-state index in [4.69, 9.17) is 9.73 Å². The molecular formula is C25H31BrF3N3O3. The first-order valence-electron chi connectivity index (χ1n) is 11.7. The fourth-order valence-electron chi connectivity index (χ4n) is 5.52. The van der Waals surface area contributed by atoms with Crippen LogP contribution in [0.4, 0.5) is 13.2 Å². The predicted molar refractivity (Wildman–Crippen MR) is 128 cm³/mol. The predicted octanol–water partition coefficient (Wildman–Crippen LogP) is 6.14. The van der Waals surface area contributed by atoms with Gasteiger partial charge in [-0.25, -0.2) is 4.79 Å². The van der Waals surface area contributed by atoms with Gasteiger partial charge in [-0.2, -0.15) is 13.2 Å². The fourth-order valence-corrected chi connectivity index (χ4v) is 6.06. The number of rotatable bonds is 5. The molecule has 10 heteroatoms. The Morgan fingerprint density at radius 3 is 2.34 bits per heavy atom. The number of hydrogen-bond acceptors (Lipinski definition) is 6. The zero-order valence-corrected chi connectivity index (χ0v) is 22.3. The van der Waals surface area contributed by atoms with Crippen LogP contribution in [0.5, 0.6) is 0 Å². The van der Waals surface area contributed by atoms with Crippen molar-refractivity contribution in [1.82, 2.24) is 0 Å². The summed E-state index contributed by atoms with van der Waals surface area (Å²) in [6.07, 6.45) is -3.19. The molecule has 5 rings (SSSR count). The Hall–Kier alpha value is -1.81. The van der Waals surface area contributed by atoms with E-state index in [1.165, 1.54) is 12.1 Å². The lowest BCUT2D eigenvalue weighted by molar-refractivity contribution is -0.166. The van der Waals surface area contributed by atoms with Crippen LogP contribution < -0.4 is 0 Å². The fraction of sp³-hybridized carbons (Fsp3) is 0.680. The first-order chi connectivity index (χ1) is 15.9. The number of fused-ring (bicyclic) bond motifs is 2. The molecule has 1 aromatic rings. The van der Waals surface area contributed by atoms with E-state index in [0.717, 1.165) is 6.42 Å². The number of aliphatic imine (C=N–C) groups is 1. The third-order valence-electron chi connectivity index (χ3n) is 7.65. The number of ether oxygens (including phenoxy) is 1. The van der Waals surface area contributed by atoms with E-state index in [2.05, 4.69) is 40.0 Å². The number of benzene rings is 1. The zero-order valence-electron chi connectivity index (χ0n) is 20.7. The van der Waals surface area contributed by atoms with E-state index in [0.29, 0.717) is 28.1 Å². The van der Waals surface area contributed by atoms with Crippen molar-refractivity contribution in [3.8, 4) is 0 Å². The van der Waals surface area contributed by atoms with Crippen molar-refractivity contribution in [2.75, 3.05) is 0 Å². The van der Waals surface area contributed by atoms with Crippen LogP contribution >= 0.6 is 15.9 Å². The van der Waals surface area contributed by atoms with Gasteiger partial charge in [0.2, 0.25) is 0 Å². The van der Waals surface area contributed by atoms with Crippen molar-refractivity contribution < 1.29 is 27.8 Å². The molecule has 3 saturated carbocycles. The second-order valence-electron chi connectivity index (χ2n) is 11.7. The van der Waals surface area contributed by atoms with Crippen LogP contribution in [0, 0.1) is 17.3 Å². The summed E-state index contributed by atoms with van der Waals surface area (Å²) in [6, 6.07) is 3.31. The molecule has 0 radical (unpaired) electrons. The lowest BCUT2D eigenvalue weighted by Gasteiger charge is -2.62. The molecule has 4 atom stereocenters. The monoisotopic (exact) mass is 557 g/mol. The molecule has 35 heavy (non-hydrogen) atoms. The molecule has 192 valence electrons. The van der Waals surface area contributed by atoms with Gasteiger partial charge in [0, 0.05) is 22.2 Å². The molecule has 0 amide bonds. The molecule has 1 aromatic carbocycles. The SMILES string of the molecule is CC(C)(C)OC(=O)[C@H](Cc1cc(Br)cc(C2(C(F)(F)F)N=N2)c1)N=C1CC2CC(C1(C)O)C2(C)C. The number of esters is 1. The first kappa shape index (κ1) is 26.3. The zero-order chi connectivity index (χ0) is 26.2. The van der Waals surface area contributed by atoms with Crippen molar-refractivity contribution in [1.29, 1.82) is 0 Å². The highest BCUT2D eigenvalue weighted by molar-refractivity contribution is 9.10. The molecule has 6 nitrogen and oxygen atoms in total. The second-order valence-corrected chi connectivity index (χ2v) is 12.6. The van der Waals surface area contributed by atoms with Crippen LogP contribution in [-0.4, -0.2) is 40.2 Å². The summed E-state index contributed by atoms with van der Waals surface area (Å²) in [7, 11) is 0. The van der Waals surface area contributed by atoms with E-state index < -0.39 is 35.1 Å². The lowest BCUT2D eigenvalue weighted by Crippen LogP contribution is -2.65. The molecule has 3 fully saturated rings. The van der Waals surface area contributed by atoms with Crippen LogP contribution in [0.2, 0.25) is 0 Å². The van der Waals surface area contributed by atoms with Crippen molar-refractivity contribution >= 4 is 27.6 Å². The van der Waals surface area contributed by atoms with Gasteiger partial charge >= 0.3 is 17.8 Å². The minimum Gasteiger partial charge on any atom is -0.458 e. The highest BCUT2D eigenvalue weighted by atomic mass is 79.9. The van der Waals surface area contributed by atoms with Gasteiger partial charge in [-0.05, 0) is 75.5 Å². The molecule has 2 bridgehead atoms. The van der Waals surface area contributed by atoms with E-state index in [1.807, 2.05) is 0 Å². The number of hydrogen-bond donors (Lipinski definition) is 1. The van der Waals surface area contributed by atoms with Gasteiger partial charge in [0.15, 0.2) is 6.04 Å². The number of halogens is 4. The van der Waals surface area contributed by atoms with Crippen LogP contribution in [-0.2, 0) is 21.6 Å². The van der Waals surface area contributed by atoms with Crippen molar-refractivity contribution in [3.05, 3.63) is 33.8 Å². The summed E-state index contributed by atoms with van der Waals surface area (Å²) < 4.78 is 46.8. The molecule has 3 aliphatic carbocycles. The molecular weight excluding hydrogens is 527 g/mol. The van der Waals surface area contributed by atoms with Crippen molar-refractivity contribution in [2.45, 2.75) is 89.9 Å². The maximum atomic E-state index is 13.6. The van der Waals surface area contributed by atoms with Crippen molar-refractivity contribution in [3.63, 3.8) is 0 Å². The highest BCUT2D eigenvalue weighted by Gasteiger charge is 2.65. The van der Waals surface area contributed by atoms with Gasteiger partial charge in [-0.3, -0.25) is 4.99 Å². The Balaban J connectivity index is 1.68. The van der Waals surface area contributed by atoms with Gasteiger partial charge in [-0.1, -0.05) is 35.8 Å². The van der Waals surface area contributed by atoms with Gasteiger partial charge in [-0.15, -0.1) is 10.2 Å². The normalized spacial score (nSPS) is 30.5. The number of nitrogens with zero attached hydrogens (tertiary/aromatic N) is 3. The average Bonchev–Trinajstić information content (AvgIpc) is 3.48. The second kappa shape index (κ2) is 8.10. The Morgan fingerprint density at radius 2 is 1.86 bits per heavy atom. The molecule has 3 unspecified atom stereocenters. The third-order valence-corrected chi connectivity index (χ3v) is 8.11. The summed E-state index contributed by atoms with van der Waals surface area (Å²) in [5, 5.41) is 17.9. The minimum atomic E-state index is -4.66. The Bertz CT molecular complexity index is 1100. The van der Waals surface area contributed by atoms with E-state index in [1.54, 1.807) is 33.8 Å². The lowest BCUT2D eigenvalue weighted by atomic mass is 9.44. The Kier molecular flexibility index (Phi) is 6.07. The molecule has 0 spiro atoms. The van der Waals surface area contributed by atoms with Gasteiger partial charge in [0.1, 0.15) is 11.2 Å². The average molecular weight is 558 g/mol.